The van der Waals surface area contributed by atoms with Gasteiger partial charge in [0, 0.05) is 16.1 Å². The van der Waals surface area contributed by atoms with Gasteiger partial charge in [-0.25, -0.2) is 0 Å². The number of rotatable bonds is 4. The normalized spacial score (nSPS) is 12.2. The number of nitro groups is 1. The first-order valence-electron chi connectivity index (χ1n) is 4.76. The minimum Gasteiger partial charge on any atom is -0.487 e. The number of nitro benzene ring substituents is 1. The van der Waals surface area contributed by atoms with Crippen LogP contribution in [0.4, 0.5) is 5.69 Å². The van der Waals surface area contributed by atoms with Crippen molar-refractivity contribution in [2.24, 2.45) is 0 Å². The smallest absolute Gasteiger partial charge is 0.312 e. The molecule has 1 atom stereocenters. The van der Waals surface area contributed by atoms with Crippen LogP contribution in [0.25, 0.3) is 0 Å². The summed E-state index contributed by atoms with van der Waals surface area (Å²) in [5.41, 5.74) is 0.259. The van der Waals surface area contributed by atoms with Gasteiger partial charge in [-0.2, -0.15) is 0 Å². The molecule has 0 spiro atoms. The molecule has 0 aromatic heterocycles. The van der Waals surface area contributed by atoms with Crippen LogP contribution in [0.5, 0.6) is 5.75 Å². The summed E-state index contributed by atoms with van der Waals surface area (Å²) in [5.74, 6) is 0.130. The maximum absolute atomic E-state index is 10.8. The van der Waals surface area contributed by atoms with Gasteiger partial charge in [-0.3, -0.25) is 10.1 Å². The number of aliphatic hydroxyl groups is 1. The Labute approximate surface area is 101 Å². The Kier molecular flexibility index (Phi) is 4.26. The maximum Gasteiger partial charge on any atom is 0.312 e. The molecule has 0 amide bonds. The summed E-state index contributed by atoms with van der Waals surface area (Å²) >= 11 is 3.16. The first-order valence-corrected chi connectivity index (χ1v) is 5.55. The van der Waals surface area contributed by atoms with Gasteiger partial charge in [-0.1, -0.05) is 15.9 Å². The lowest BCUT2D eigenvalue weighted by Crippen LogP contribution is -2.03. The van der Waals surface area contributed by atoms with Crippen molar-refractivity contribution in [2.45, 2.75) is 20.0 Å². The van der Waals surface area contributed by atoms with E-state index in [4.69, 9.17) is 4.74 Å². The fraction of sp³-hybridized carbons (Fsp3) is 0.400. The Hall–Kier alpha value is -1.14. The third kappa shape index (κ3) is 2.70. The van der Waals surface area contributed by atoms with E-state index in [2.05, 4.69) is 15.9 Å². The molecule has 1 N–H and O–H groups in total. The molecule has 0 aliphatic carbocycles. The van der Waals surface area contributed by atoms with Crippen molar-refractivity contribution in [2.75, 3.05) is 6.61 Å². The molecular formula is C10H12BrNO4. The molecule has 0 fully saturated rings. The molecule has 5 nitrogen and oxygen atoms in total. The van der Waals surface area contributed by atoms with Crippen LogP contribution in [0, 0.1) is 10.1 Å². The summed E-state index contributed by atoms with van der Waals surface area (Å²) in [5, 5.41) is 20.4. The second-order valence-corrected chi connectivity index (χ2v) is 4.13. The van der Waals surface area contributed by atoms with Gasteiger partial charge in [0.05, 0.1) is 17.6 Å². The number of hydrogen-bond acceptors (Lipinski definition) is 4. The predicted molar refractivity (Wildman–Crippen MR) is 62.6 cm³/mol. The first-order chi connectivity index (χ1) is 7.47. The minimum atomic E-state index is -0.822. The Balaban J connectivity index is 3.41. The summed E-state index contributed by atoms with van der Waals surface area (Å²) in [7, 11) is 0. The Morgan fingerprint density at radius 2 is 2.25 bits per heavy atom. The molecule has 0 aliphatic heterocycles. The van der Waals surface area contributed by atoms with Crippen LogP contribution in [-0.4, -0.2) is 16.6 Å². The molecule has 0 aliphatic rings. The van der Waals surface area contributed by atoms with E-state index in [1.54, 1.807) is 13.0 Å². The first kappa shape index (κ1) is 12.9. The number of benzene rings is 1. The predicted octanol–water partition coefficient (Wildman–Crippen LogP) is 2.81. The lowest BCUT2D eigenvalue weighted by molar-refractivity contribution is -0.386. The fourth-order valence-corrected chi connectivity index (χ4v) is 1.81. The molecule has 0 bridgehead atoms. The lowest BCUT2D eigenvalue weighted by atomic mass is 10.1. The molecule has 0 saturated carbocycles. The quantitative estimate of drug-likeness (QED) is 0.683. The van der Waals surface area contributed by atoms with Crippen LogP contribution >= 0.6 is 15.9 Å². The van der Waals surface area contributed by atoms with Crippen LogP contribution in [0.3, 0.4) is 0 Å². The van der Waals surface area contributed by atoms with E-state index < -0.39 is 11.0 Å². The summed E-state index contributed by atoms with van der Waals surface area (Å²) in [4.78, 5) is 10.3. The summed E-state index contributed by atoms with van der Waals surface area (Å²) < 4.78 is 5.76. The standard InChI is InChI=1S/C10H12BrNO4/c1-3-16-10-8(6(2)13)4-7(11)5-9(10)12(14)15/h4-6,13H,3H2,1-2H3. The van der Waals surface area contributed by atoms with Crippen LogP contribution < -0.4 is 4.74 Å². The van der Waals surface area contributed by atoms with Gasteiger partial charge in [-0.05, 0) is 19.9 Å². The summed E-state index contributed by atoms with van der Waals surface area (Å²) in [6.07, 6.45) is -0.822. The molecule has 6 heteroatoms. The highest BCUT2D eigenvalue weighted by Gasteiger charge is 2.22. The van der Waals surface area contributed by atoms with Crippen LogP contribution in [0.2, 0.25) is 0 Å². The molecule has 1 aromatic carbocycles. The van der Waals surface area contributed by atoms with E-state index in [1.165, 1.54) is 13.0 Å². The van der Waals surface area contributed by atoms with Crippen molar-refractivity contribution in [3.8, 4) is 5.75 Å². The SMILES string of the molecule is CCOc1c(C(C)O)cc(Br)cc1[N+](=O)[O-]. The Morgan fingerprint density at radius 3 is 2.69 bits per heavy atom. The van der Waals surface area contributed by atoms with Crippen LogP contribution in [-0.2, 0) is 0 Å². The van der Waals surface area contributed by atoms with Gasteiger partial charge in [0.2, 0.25) is 5.75 Å². The zero-order chi connectivity index (χ0) is 12.3. The average Bonchev–Trinajstić information content (AvgIpc) is 2.19. The third-order valence-corrected chi connectivity index (χ3v) is 2.46. The molecule has 88 valence electrons. The monoisotopic (exact) mass is 289 g/mol. The topological polar surface area (TPSA) is 72.6 Å². The van der Waals surface area contributed by atoms with Crippen molar-refractivity contribution in [3.63, 3.8) is 0 Å². The molecular weight excluding hydrogens is 278 g/mol. The largest absolute Gasteiger partial charge is 0.487 e. The van der Waals surface area contributed by atoms with E-state index in [9.17, 15) is 15.2 Å². The zero-order valence-electron chi connectivity index (χ0n) is 8.94. The minimum absolute atomic E-state index is 0.130. The van der Waals surface area contributed by atoms with E-state index in [0.29, 0.717) is 16.6 Å². The van der Waals surface area contributed by atoms with E-state index in [-0.39, 0.29) is 11.4 Å². The van der Waals surface area contributed by atoms with E-state index in [0.717, 1.165) is 0 Å². The van der Waals surface area contributed by atoms with E-state index in [1.807, 2.05) is 0 Å². The average molecular weight is 290 g/mol. The molecule has 16 heavy (non-hydrogen) atoms. The molecule has 1 unspecified atom stereocenters. The number of halogens is 1. The second kappa shape index (κ2) is 5.27. The summed E-state index contributed by atoms with van der Waals surface area (Å²) in [6, 6.07) is 2.97. The van der Waals surface area contributed by atoms with Gasteiger partial charge < -0.3 is 9.84 Å². The highest BCUT2D eigenvalue weighted by Crippen LogP contribution is 2.37. The summed E-state index contributed by atoms with van der Waals surface area (Å²) in [6.45, 7) is 3.58. The number of nitrogens with zero attached hydrogens (tertiary/aromatic N) is 1. The molecule has 0 saturated heterocycles. The molecule has 0 heterocycles. The van der Waals surface area contributed by atoms with Gasteiger partial charge >= 0.3 is 5.69 Å². The van der Waals surface area contributed by atoms with Crippen molar-refractivity contribution in [1.82, 2.24) is 0 Å². The number of aliphatic hydroxyl groups excluding tert-OH is 1. The Bertz CT molecular complexity index is 406. The van der Waals surface area contributed by atoms with Crippen LogP contribution in [0.15, 0.2) is 16.6 Å². The highest BCUT2D eigenvalue weighted by molar-refractivity contribution is 9.10. The van der Waals surface area contributed by atoms with Crippen molar-refractivity contribution < 1.29 is 14.8 Å². The van der Waals surface area contributed by atoms with Gasteiger partial charge in [0.15, 0.2) is 0 Å². The molecule has 1 aromatic rings. The van der Waals surface area contributed by atoms with Gasteiger partial charge in [0.25, 0.3) is 0 Å². The van der Waals surface area contributed by atoms with E-state index >= 15 is 0 Å². The fourth-order valence-electron chi connectivity index (χ4n) is 1.35. The van der Waals surface area contributed by atoms with Crippen LogP contribution in [0.1, 0.15) is 25.5 Å². The lowest BCUT2D eigenvalue weighted by Gasteiger charge is -2.13. The number of ether oxygens (including phenoxy) is 1. The second-order valence-electron chi connectivity index (χ2n) is 3.21. The highest BCUT2D eigenvalue weighted by atomic mass is 79.9. The Morgan fingerprint density at radius 1 is 1.62 bits per heavy atom. The van der Waals surface area contributed by atoms with Crippen molar-refractivity contribution in [1.29, 1.82) is 0 Å². The molecule has 1 rings (SSSR count). The molecule has 0 radical (unpaired) electrons. The maximum atomic E-state index is 10.8. The number of hydrogen-bond donors (Lipinski definition) is 1. The van der Waals surface area contributed by atoms with Gasteiger partial charge in [-0.15, -0.1) is 0 Å². The van der Waals surface area contributed by atoms with Crippen molar-refractivity contribution in [3.05, 3.63) is 32.3 Å². The third-order valence-electron chi connectivity index (χ3n) is 2.00. The zero-order valence-corrected chi connectivity index (χ0v) is 10.5. The van der Waals surface area contributed by atoms with Gasteiger partial charge in [0.1, 0.15) is 0 Å². The van der Waals surface area contributed by atoms with Crippen molar-refractivity contribution >= 4 is 21.6 Å².